The predicted molar refractivity (Wildman–Crippen MR) is 44.5 cm³/mol. The Labute approximate surface area is 70.8 Å². The Bertz CT molecular complexity index is 213. The molecule has 0 radical (unpaired) electrons. The van der Waals surface area contributed by atoms with Gasteiger partial charge in [0, 0.05) is 12.4 Å². The second-order valence-electron chi connectivity index (χ2n) is 2.43. The van der Waals surface area contributed by atoms with E-state index in [0.717, 1.165) is 5.56 Å². The van der Waals surface area contributed by atoms with Crippen molar-refractivity contribution in [3.8, 4) is 0 Å². The molecule has 0 aromatic carbocycles. The highest BCUT2D eigenvalue weighted by Gasteiger charge is 2.12. The maximum absolute atomic E-state index is 9.11. The molecule has 2 nitrogen and oxygen atoms in total. The zero-order valence-corrected chi connectivity index (χ0v) is 6.99. The smallest absolute Gasteiger partial charge is 0.0856 e. The number of rotatable bonds is 2. The lowest BCUT2D eigenvalue weighted by atomic mass is 10.1. The van der Waals surface area contributed by atoms with Crippen LogP contribution >= 0.6 is 11.6 Å². The minimum atomic E-state index is -0.541. The molecule has 1 aromatic rings. The van der Waals surface area contributed by atoms with Crippen LogP contribution in [0.25, 0.3) is 0 Å². The number of hydrogen-bond acceptors (Lipinski definition) is 2. The topological polar surface area (TPSA) is 33.1 Å². The van der Waals surface area contributed by atoms with Crippen molar-refractivity contribution in [3.63, 3.8) is 0 Å². The molecule has 0 saturated heterocycles. The van der Waals surface area contributed by atoms with Crippen molar-refractivity contribution in [1.29, 1.82) is 0 Å². The average Bonchev–Trinajstić information content (AvgIpc) is 2.05. The van der Waals surface area contributed by atoms with Crippen molar-refractivity contribution in [3.05, 3.63) is 30.1 Å². The van der Waals surface area contributed by atoms with E-state index in [1.165, 1.54) is 0 Å². The minimum Gasteiger partial charge on any atom is -0.392 e. The zero-order valence-electron chi connectivity index (χ0n) is 6.24. The highest BCUT2D eigenvalue weighted by molar-refractivity contribution is 6.21. The van der Waals surface area contributed by atoms with Gasteiger partial charge >= 0.3 is 0 Å². The molecule has 2 atom stereocenters. The fraction of sp³-hybridized carbons (Fsp3) is 0.375. The Morgan fingerprint density at radius 1 is 1.64 bits per heavy atom. The van der Waals surface area contributed by atoms with E-state index in [1.54, 1.807) is 25.4 Å². The average molecular weight is 172 g/mol. The summed E-state index contributed by atoms with van der Waals surface area (Å²) in [5.74, 6) is 0. The van der Waals surface area contributed by atoms with Gasteiger partial charge in [-0.15, -0.1) is 11.6 Å². The molecule has 2 unspecified atom stereocenters. The maximum atomic E-state index is 9.11. The van der Waals surface area contributed by atoms with Crippen LogP contribution in [0.15, 0.2) is 24.5 Å². The molecule has 1 aromatic heterocycles. The summed E-state index contributed by atoms with van der Waals surface area (Å²) in [5.41, 5.74) is 0.851. The number of halogens is 1. The van der Waals surface area contributed by atoms with Crippen molar-refractivity contribution in [2.24, 2.45) is 0 Å². The first kappa shape index (κ1) is 8.50. The van der Waals surface area contributed by atoms with Gasteiger partial charge in [-0.05, 0) is 18.6 Å². The molecule has 0 fully saturated rings. The van der Waals surface area contributed by atoms with Gasteiger partial charge in [-0.25, -0.2) is 0 Å². The van der Waals surface area contributed by atoms with Gasteiger partial charge in [0.05, 0.1) is 11.5 Å². The fourth-order valence-corrected chi connectivity index (χ4v) is 0.947. The number of aromatic nitrogens is 1. The van der Waals surface area contributed by atoms with Gasteiger partial charge in [0.15, 0.2) is 0 Å². The molecule has 3 heteroatoms. The number of aliphatic hydroxyl groups excluding tert-OH is 1. The Hall–Kier alpha value is -0.600. The number of hydrogen-bond donors (Lipinski definition) is 1. The summed E-state index contributed by atoms with van der Waals surface area (Å²) in [6.45, 7) is 1.66. The lowest BCUT2D eigenvalue weighted by Crippen LogP contribution is -2.08. The molecular weight excluding hydrogens is 162 g/mol. The fourth-order valence-electron chi connectivity index (χ4n) is 0.818. The van der Waals surface area contributed by atoms with Crippen LogP contribution in [0.2, 0.25) is 0 Å². The molecule has 0 bridgehead atoms. The molecule has 0 aliphatic carbocycles. The summed E-state index contributed by atoms with van der Waals surface area (Å²) in [7, 11) is 0. The molecule has 1 N–H and O–H groups in total. The van der Waals surface area contributed by atoms with Crippen molar-refractivity contribution >= 4 is 11.6 Å². The molecule has 0 spiro atoms. The van der Waals surface area contributed by atoms with Gasteiger partial charge in [0.25, 0.3) is 0 Å². The number of pyridine rings is 1. The second-order valence-corrected chi connectivity index (χ2v) is 2.90. The summed E-state index contributed by atoms with van der Waals surface area (Å²) >= 11 is 5.85. The van der Waals surface area contributed by atoms with Crippen LogP contribution in [-0.4, -0.2) is 16.2 Å². The molecule has 1 rings (SSSR count). The Morgan fingerprint density at radius 3 is 2.82 bits per heavy atom. The molecular formula is C8H10ClNO. The Kier molecular flexibility index (Phi) is 2.85. The molecule has 0 saturated carbocycles. The van der Waals surface area contributed by atoms with E-state index in [4.69, 9.17) is 16.7 Å². The largest absolute Gasteiger partial charge is 0.392 e. The van der Waals surface area contributed by atoms with E-state index in [-0.39, 0.29) is 5.38 Å². The van der Waals surface area contributed by atoms with E-state index in [9.17, 15) is 0 Å². The molecule has 0 aliphatic rings. The number of aliphatic hydroxyl groups is 1. The van der Waals surface area contributed by atoms with Crippen LogP contribution in [0.5, 0.6) is 0 Å². The molecule has 11 heavy (non-hydrogen) atoms. The Morgan fingerprint density at radius 2 is 2.36 bits per heavy atom. The molecule has 0 aliphatic heterocycles. The van der Waals surface area contributed by atoms with Gasteiger partial charge in [0.2, 0.25) is 0 Å². The third kappa shape index (κ3) is 2.17. The van der Waals surface area contributed by atoms with Crippen LogP contribution in [0.1, 0.15) is 17.9 Å². The van der Waals surface area contributed by atoms with Crippen LogP contribution in [-0.2, 0) is 0 Å². The van der Waals surface area contributed by atoms with Crippen molar-refractivity contribution in [2.45, 2.75) is 18.4 Å². The maximum Gasteiger partial charge on any atom is 0.0856 e. The van der Waals surface area contributed by atoms with E-state index < -0.39 is 6.10 Å². The first-order chi connectivity index (χ1) is 5.22. The summed E-state index contributed by atoms with van der Waals surface area (Å²) in [5, 5.41) is 8.76. The first-order valence-electron chi connectivity index (χ1n) is 3.44. The number of alkyl halides is 1. The SMILES string of the molecule is CC(O)C(Cl)c1cccnc1. The van der Waals surface area contributed by atoms with Crippen molar-refractivity contribution in [2.75, 3.05) is 0 Å². The van der Waals surface area contributed by atoms with Gasteiger partial charge in [-0.2, -0.15) is 0 Å². The third-order valence-corrected chi connectivity index (χ3v) is 2.04. The second kappa shape index (κ2) is 3.69. The van der Waals surface area contributed by atoms with Gasteiger partial charge in [0.1, 0.15) is 0 Å². The first-order valence-corrected chi connectivity index (χ1v) is 3.87. The summed E-state index contributed by atoms with van der Waals surface area (Å²) < 4.78 is 0. The van der Waals surface area contributed by atoms with Crippen LogP contribution in [0, 0.1) is 0 Å². The van der Waals surface area contributed by atoms with E-state index in [2.05, 4.69) is 4.98 Å². The van der Waals surface area contributed by atoms with Gasteiger partial charge in [-0.1, -0.05) is 6.07 Å². The highest BCUT2D eigenvalue weighted by Crippen LogP contribution is 2.22. The highest BCUT2D eigenvalue weighted by atomic mass is 35.5. The van der Waals surface area contributed by atoms with Crippen LogP contribution in [0.4, 0.5) is 0 Å². The lowest BCUT2D eigenvalue weighted by Gasteiger charge is -2.11. The molecule has 60 valence electrons. The van der Waals surface area contributed by atoms with Crippen molar-refractivity contribution < 1.29 is 5.11 Å². The Balaban J connectivity index is 2.77. The monoisotopic (exact) mass is 171 g/mol. The molecule has 0 amide bonds. The van der Waals surface area contributed by atoms with Crippen molar-refractivity contribution in [1.82, 2.24) is 4.98 Å². The normalized spacial score (nSPS) is 15.9. The third-order valence-electron chi connectivity index (χ3n) is 1.43. The quantitative estimate of drug-likeness (QED) is 0.688. The minimum absolute atomic E-state index is 0.358. The lowest BCUT2D eigenvalue weighted by molar-refractivity contribution is 0.189. The van der Waals surface area contributed by atoms with Crippen LogP contribution < -0.4 is 0 Å². The summed E-state index contributed by atoms with van der Waals surface area (Å²) in [6, 6.07) is 3.64. The van der Waals surface area contributed by atoms with E-state index in [0.29, 0.717) is 0 Å². The van der Waals surface area contributed by atoms with Gasteiger partial charge < -0.3 is 5.11 Å². The standard InChI is InChI=1S/C8H10ClNO/c1-6(11)8(9)7-3-2-4-10-5-7/h2-6,8,11H,1H3. The summed E-state index contributed by atoms with van der Waals surface area (Å²) in [6.07, 6.45) is 2.79. The zero-order chi connectivity index (χ0) is 8.27. The van der Waals surface area contributed by atoms with E-state index in [1.807, 2.05) is 6.07 Å². The van der Waals surface area contributed by atoms with Gasteiger partial charge in [-0.3, -0.25) is 4.98 Å². The summed E-state index contributed by atoms with van der Waals surface area (Å²) in [4.78, 5) is 3.89. The van der Waals surface area contributed by atoms with E-state index >= 15 is 0 Å². The van der Waals surface area contributed by atoms with Crippen LogP contribution in [0.3, 0.4) is 0 Å². The molecule has 1 heterocycles. The number of nitrogens with zero attached hydrogens (tertiary/aromatic N) is 1. The predicted octanol–water partition coefficient (Wildman–Crippen LogP) is 1.74.